The van der Waals surface area contributed by atoms with Gasteiger partial charge in [-0.2, -0.15) is 0 Å². The smallest absolute Gasteiger partial charge is 0.0701 e. The Bertz CT molecular complexity index is 520. The van der Waals surface area contributed by atoms with Gasteiger partial charge < -0.3 is 9.84 Å². The number of hydrogen-bond acceptors (Lipinski definition) is 3. The highest BCUT2D eigenvalue weighted by Gasteiger charge is 1.96. The third-order valence-electron chi connectivity index (χ3n) is 2.87. The van der Waals surface area contributed by atoms with Gasteiger partial charge in [-0.05, 0) is 29.2 Å². The molecule has 0 fully saturated rings. The number of nitrogens with zero attached hydrogens (tertiary/aromatic N) is 1. The SMILES string of the molecule is OCCOC/C=C\c1ccc(Cc2cccnc2)cc1. The summed E-state index contributed by atoms with van der Waals surface area (Å²) in [7, 11) is 0. The number of rotatable bonds is 7. The number of ether oxygens (including phenoxy) is 1. The minimum atomic E-state index is 0.0663. The zero-order valence-electron chi connectivity index (χ0n) is 11.4. The lowest BCUT2D eigenvalue weighted by atomic mass is 10.0. The van der Waals surface area contributed by atoms with E-state index in [2.05, 4.69) is 35.3 Å². The predicted octanol–water partition coefficient (Wildman–Crippen LogP) is 2.69. The van der Waals surface area contributed by atoms with Gasteiger partial charge in [0.15, 0.2) is 0 Å². The molecule has 0 atom stereocenters. The fourth-order valence-electron chi connectivity index (χ4n) is 1.89. The second kappa shape index (κ2) is 8.25. The Morgan fingerprint density at radius 2 is 1.95 bits per heavy atom. The molecule has 2 aromatic rings. The second-order valence-electron chi connectivity index (χ2n) is 4.48. The first-order chi connectivity index (χ1) is 9.88. The first-order valence-corrected chi connectivity index (χ1v) is 6.71. The van der Waals surface area contributed by atoms with Crippen molar-refractivity contribution in [3.8, 4) is 0 Å². The van der Waals surface area contributed by atoms with Crippen molar-refractivity contribution in [2.24, 2.45) is 0 Å². The average molecular weight is 269 g/mol. The van der Waals surface area contributed by atoms with Crippen molar-refractivity contribution in [3.63, 3.8) is 0 Å². The van der Waals surface area contributed by atoms with Gasteiger partial charge in [0, 0.05) is 12.4 Å². The summed E-state index contributed by atoms with van der Waals surface area (Å²) < 4.78 is 5.16. The molecule has 0 aliphatic carbocycles. The van der Waals surface area contributed by atoms with Crippen LogP contribution >= 0.6 is 0 Å². The summed E-state index contributed by atoms with van der Waals surface area (Å²) in [5.41, 5.74) is 3.63. The molecule has 0 saturated carbocycles. The molecule has 0 radical (unpaired) electrons. The standard InChI is InChI=1S/C17H19NO2/c19-10-12-20-11-2-4-15-5-7-16(8-6-15)13-17-3-1-9-18-14-17/h1-9,14,19H,10-13H2/b4-2-. The number of aliphatic hydroxyl groups excluding tert-OH is 1. The maximum atomic E-state index is 8.58. The van der Waals surface area contributed by atoms with E-state index in [4.69, 9.17) is 9.84 Å². The first kappa shape index (κ1) is 14.4. The molecule has 1 aromatic carbocycles. The van der Waals surface area contributed by atoms with E-state index in [-0.39, 0.29) is 6.61 Å². The molecule has 0 saturated heterocycles. The molecule has 2 rings (SSSR count). The van der Waals surface area contributed by atoms with Gasteiger partial charge in [0.1, 0.15) is 0 Å². The molecule has 0 aliphatic heterocycles. The highest BCUT2D eigenvalue weighted by molar-refractivity contribution is 5.50. The zero-order chi connectivity index (χ0) is 14.0. The van der Waals surface area contributed by atoms with Crippen molar-refractivity contribution in [3.05, 3.63) is 71.6 Å². The van der Waals surface area contributed by atoms with Crippen molar-refractivity contribution >= 4 is 6.08 Å². The van der Waals surface area contributed by atoms with Crippen LogP contribution in [0.15, 0.2) is 54.9 Å². The van der Waals surface area contributed by atoms with Crippen LogP contribution in [0.4, 0.5) is 0 Å². The maximum Gasteiger partial charge on any atom is 0.0701 e. The van der Waals surface area contributed by atoms with E-state index in [1.807, 2.05) is 24.4 Å². The molecule has 1 heterocycles. The lowest BCUT2D eigenvalue weighted by Gasteiger charge is -2.02. The topological polar surface area (TPSA) is 42.4 Å². The van der Waals surface area contributed by atoms with Crippen LogP contribution in [0.1, 0.15) is 16.7 Å². The molecular weight excluding hydrogens is 250 g/mol. The predicted molar refractivity (Wildman–Crippen MR) is 80.4 cm³/mol. The molecular formula is C17H19NO2. The highest BCUT2D eigenvalue weighted by Crippen LogP contribution is 2.11. The Balaban J connectivity index is 1.86. The van der Waals surface area contributed by atoms with E-state index in [0.717, 1.165) is 12.0 Å². The van der Waals surface area contributed by atoms with Crippen LogP contribution in [-0.4, -0.2) is 29.9 Å². The first-order valence-electron chi connectivity index (χ1n) is 6.71. The molecule has 3 nitrogen and oxygen atoms in total. The van der Waals surface area contributed by atoms with Gasteiger partial charge in [0.05, 0.1) is 19.8 Å². The molecule has 0 amide bonds. The van der Waals surface area contributed by atoms with Gasteiger partial charge in [-0.25, -0.2) is 0 Å². The lowest BCUT2D eigenvalue weighted by molar-refractivity contribution is 0.112. The molecule has 20 heavy (non-hydrogen) atoms. The van der Waals surface area contributed by atoms with E-state index < -0.39 is 0 Å². The van der Waals surface area contributed by atoms with Crippen LogP contribution in [-0.2, 0) is 11.2 Å². The van der Waals surface area contributed by atoms with E-state index >= 15 is 0 Å². The van der Waals surface area contributed by atoms with Crippen molar-refractivity contribution < 1.29 is 9.84 Å². The number of aliphatic hydroxyl groups is 1. The Hall–Kier alpha value is -1.97. The molecule has 0 unspecified atom stereocenters. The highest BCUT2D eigenvalue weighted by atomic mass is 16.5. The van der Waals surface area contributed by atoms with Crippen LogP contribution in [0, 0.1) is 0 Å². The minimum Gasteiger partial charge on any atom is -0.394 e. The van der Waals surface area contributed by atoms with Gasteiger partial charge in [0.2, 0.25) is 0 Å². The molecule has 0 bridgehead atoms. The van der Waals surface area contributed by atoms with Crippen molar-refractivity contribution in [1.82, 2.24) is 4.98 Å². The monoisotopic (exact) mass is 269 g/mol. The molecule has 1 N–H and O–H groups in total. The van der Waals surface area contributed by atoms with Gasteiger partial charge in [-0.15, -0.1) is 0 Å². The fraction of sp³-hybridized carbons (Fsp3) is 0.235. The summed E-state index contributed by atoms with van der Waals surface area (Å²) in [6, 6.07) is 12.5. The maximum absolute atomic E-state index is 8.58. The summed E-state index contributed by atoms with van der Waals surface area (Å²) in [5.74, 6) is 0. The fourth-order valence-corrected chi connectivity index (χ4v) is 1.89. The molecule has 0 spiro atoms. The van der Waals surface area contributed by atoms with Gasteiger partial charge in [-0.3, -0.25) is 4.98 Å². The van der Waals surface area contributed by atoms with E-state index in [9.17, 15) is 0 Å². The van der Waals surface area contributed by atoms with Crippen LogP contribution in [0.3, 0.4) is 0 Å². The zero-order valence-corrected chi connectivity index (χ0v) is 11.4. The number of hydrogen-bond donors (Lipinski definition) is 1. The van der Waals surface area contributed by atoms with E-state index in [1.54, 1.807) is 6.20 Å². The van der Waals surface area contributed by atoms with Gasteiger partial charge >= 0.3 is 0 Å². The Kier molecular flexibility index (Phi) is 5.96. The molecule has 0 aliphatic rings. The Morgan fingerprint density at radius 3 is 2.65 bits per heavy atom. The minimum absolute atomic E-state index is 0.0663. The Morgan fingerprint density at radius 1 is 1.10 bits per heavy atom. The number of aromatic nitrogens is 1. The average Bonchev–Trinajstić information content (AvgIpc) is 2.50. The van der Waals surface area contributed by atoms with Crippen molar-refractivity contribution in [2.75, 3.05) is 19.8 Å². The number of pyridine rings is 1. The summed E-state index contributed by atoms with van der Waals surface area (Å²) >= 11 is 0. The Labute approximate surface area is 119 Å². The van der Waals surface area contributed by atoms with Crippen LogP contribution < -0.4 is 0 Å². The van der Waals surface area contributed by atoms with Crippen LogP contribution in [0.25, 0.3) is 6.08 Å². The molecule has 1 aromatic heterocycles. The van der Waals surface area contributed by atoms with Crippen LogP contribution in [0.2, 0.25) is 0 Å². The van der Waals surface area contributed by atoms with E-state index in [0.29, 0.717) is 13.2 Å². The van der Waals surface area contributed by atoms with Crippen molar-refractivity contribution in [2.45, 2.75) is 6.42 Å². The van der Waals surface area contributed by atoms with Gasteiger partial charge in [-0.1, -0.05) is 42.5 Å². The lowest BCUT2D eigenvalue weighted by Crippen LogP contribution is -1.98. The summed E-state index contributed by atoms with van der Waals surface area (Å²) in [5, 5.41) is 8.58. The third kappa shape index (κ3) is 4.96. The quantitative estimate of drug-likeness (QED) is 0.786. The summed E-state index contributed by atoms with van der Waals surface area (Å²) in [6.07, 6.45) is 8.55. The third-order valence-corrected chi connectivity index (χ3v) is 2.87. The summed E-state index contributed by atoms with van der Waals surface area (Å²) in [6.45, 7) is 0.975. The second-order valence-corrected chi connectivity index (χ2v) is 4.48. The van der Waals surface area contributed by atoms with Crippen molar-refractivity contribution in [1.29, 1.82) is 0 Å². The largest absolute Gasteiger partial charge is 0.394 e. The molecule has 104 valence electrons. The molecule has 3 heteroatoms. The summed E-state index contributed by atoms with van der Waals surface area (Å²) in [4.78, 5) is 4.12. The number of benzene rings is 1. The van der Waals surface area contributed by atoms with Crippen LogP contribution in [0.5, 0.6) is 0 Å². The van der Waals surface area contributed by atoms with Gasteiger partial charge in [0.25, 0.3) is 0 Å². The normalized spacial score (nSPS) is 11.1. The van der Waals surface area contributed by atoms with E-state index in [1.165, 1.54) is 11.1 Å².